The Kier molecular flexibility index (Phi) is 5.41. The van der Waals surface area contributed by atoms with Gasteiger partial charge in [-0.25, -0.2) is 4.79 Å². The number of urea groups is 1. The molecule has 2 fully saturated rings. The molecule has 1 heterocycles. The number of carbonyl (C=O) groups is 1. The maximum Gasteiger partial charge on any atom is 0.315 e. The number of amides is 2. The summed E-state index contributed by atoms with van der Waals surface area (Å²) in [5.41, 5.74) is 1.01. The van der Waals surface area contributed by atoms with Crippen molar-refractivity contribution in [2.75, 3.05) is 6.61 Å². The van der Waals surface area contributed by atoms with Crippen molar-refractivity contribution < 1.29 is 14.6 Å². The third-order valence-electron chi connectivity index (χ3n) is 4.65. The van der Waals surface area contributed by atoms with Crippen LogP contribution in [0.1, 0.15) is 43.8 Å². The number of hydrogen-bond acceptors (Lipinski definition) is 3. The van der Waals surface area contributed by atoms with Crippen LogP contribution in [0.4, 0.5) is 4.79 Å². The van der Waals surface area contributed by atoms with Crippen LogP contribution >= 0.6 is 11.6 Å². The number of nitrogens with one attached hydrogen (secondary N) is 2. The zero-order valence-electron chi connectivity index (χ0n) is 13.0. The maximum absolute atomic E-state index is 12.2. The number of aliphatic hydroxyl groups excluding tert-OH is 1. The molecule has 1 saturated carbocycles. The quantitative estimate of drug-likeness (QED) is 0.793. The molecule has 3 rings (SSSR count). The van der Waals surface area contributed by atoms with Gasteiger partial charge >= 0.3 is 6.03 Å². The minimum atomic E-state index is -0.443. The molecule has 2 amide bonds. The van der Waals surface area contributed by atoms with E-state index in [1.54, 1.807) is 0 Å². The van der Waals surface area contributed by atoms with Crippen LogP contribution < -0.4 is 10.6 Å². The molecule has 4 unspecified atom stereocenters. The summed E-state index contributed by atoms with van der Waals surface area (Å²) < 4.78 is 5.77. The number of ether oxygens (including phenoxy) is 1. The highest BCUT2D eigenvalue weighted by molar-refractivity contribution is 6.30. The van der Waals surface area contributed by atoms with Gasteiger partial charge in [0.2, 0.25) is 0 Å². The topological polar surface area (TPSA) is 70.6 Å². The van der Waals surface area contributed by atoms with E-state index in [0.29, 0.717) is 11.6 Å². The lowest BCUT2D eigenvalue weighted by atomic mass is 9.93. The Morgan fingerprint density at radius 2 is 1.78 bits per heavy atom. The Morgan fingerprint density at radius 1 is 1.09 bits per heavy atom. The van der Waals surface area contributed by atoms with E-state index in [1.165, 1.54) is 0 Å². The third-order valence-corrected chi connectivity index (χ3v) is 4.90. The van der Waals surface area contributed by atoms with E-state index in [2.05, 4.69) is 10.6 Å². The van der Waals surface area contributed by atoms with Crippen LogP contribution in [-0.4, -0.2) is 35.9 Å². The van der Waals surface area contributed by atoms with Crippen LogP contribution in [0.15, 0.2) is 24.3 Å². The monoisotopic (exact) mass is 338 g/mol. The summed E-state index contributed by atoms with van der Waals surface area (Å²) in [5, 5.41) is 16.5. The molecule has 1 aliphatic heterocycles. The Hall–Kier alpha value is -1.30. The fourth-order valence-electron chi connectivity index (χ4n) is 3.38. The first-order chi connectivity index (χ1) is 11.1. The van der Waals surface area contributed by atoms with Gasteiger partial charge in [-0.1, -0.05) is 36.6 Å². The van der Waals surface area contributed by atoms with Gasteiger partial charge in [-0.2, -0.15) is 0 Å². The smallest absolute Gasteiger partial charge is 0.315 e. The highest BCUT2D eigenvalue weighted by atomic mass is 35.5. The van der Waals surface area contributed by atoms with Crippen LogP contribution in [0.25, 0.3) is 0 Å². The van der Waals surface area contributed by atoms with Gasteiger partial charge in [-0.05, 0) is 37.0 Å². The SMILES string of the molecule is O=C(NC1CCCCC1O)NC1CCOC1c1ccc(Cl)cc1. The first-order valence-corrected chi connectivity index (χ1v) is 8.63. The van der Waals surface area contributed by atoms with Gasteiger partial charge in [0.05, 0.1) is 18.2 Å². The van der Waals surface area contributed by atoms with Gasteiger partial charge in [-0.3, -0.25) is 0 Å². The van der Waals surface area contributed by atoms with Crippen molar-refractivity contribution in [1.29, 1.82) is 0 Å². The zero-order chi connectivity index (χ0) is 16.2. The van der Waals surface area contributed by atoms with E-state index >= 15 is 0 Å². The summed E-state index contributed by atoms with van der Waals surface area (Å²) in [5.74, 6) is 0. The molecule has 0 bridgehead atoms. The lowest BCUT2D eigenvalue weighted by Gasteiger charge is -2.29. The maximum atomic E-state index is 12.2. The second-order valence-corrected chi connectivity index (χ2v) is 6.75. The molecular formula is C17H23ClN2O3. The molecule has 5 nitrogen and oxygen atoms in total. The standard InChI is InChI=1S/C17H23ClN2O3/c18-12-7-5-11(6-8-12)16-14(9-10-23-16)20-17(22)19-13-3-1-2-4-15(13)21/h5-8,13-16,21H,1-4,9-10H2,(H2,19,20,22). The van der Waals surface area contributed by atoms with Crippen LogP contribution in [0.3, 0.4) is 0 Å². The summed E-state index contributed by atoms with van der Waals surface area (Å²) in [6.07, 6.45) is 3.82. The summed E-state index contributed by atoms with van der Waals surface area (Å²) >= 11 is 5.92. The van der Waals surface area contributed by atoms with Crippen molar-refractivity contribution in [1.82, 2.24) is 10.6 Å². The van der Waals surface area contributed by atoms with Crippen molar-refractivity contribution in [3.05, 3.63) is 34.9 Å². The van der Waals surface area contributed by atoms with Crippen molar-refractivity contribution in [3.63, 3.8) is 0 Å². The van der Waals surface area contributed by atoms with Crippen molar-refractivity contribution in [2.24, 2.45) is 0 Å². The van der Waals surface area contributed by atoms with Crippen molar-refractivity contribution >= 4 is 17.6 Å². The molecule has 0 spiro atoms. The van der Waals surface area contributed by atoms with E-state index in [-0.39, 0.29) is 24.2 Å². The predicted octanol–water partition coefficient (Wildman–Crippen LogP) is 2.77. The summed E-state index contributed by atoms with van der Waals surface area (Å²) in [4.78, 5) is 12.2. The number of aliphatic hydroxyl groups is 1. The number of hydrogen-bond donors (Lipinski definition) is 3. The molecular weight excluding hydrogens is 316 g/mol. The molecule has 23 heavy (non-hydrogen) atoms. The first kappa shape index (κ1) is 16.6. The number of carbonyl (C=O) groups excluding carboxylic acids is 1. The third kappa shape index (κ3) is 4.16. The van der Waals surface area contributed by atoms with Crippen LogP contribution in [0.2, 0.25) is 5.02 Å². The zero-order valence-corrected chi connectivity index (χ0v) is 13.8. The van der Waals surface area contributed by atoms with Crippen LogP contribution in [0, 0.1) is 0 Å². The second kappa shape index (κ2) is 7.51. The minimum Gasteiger partial charge on any atom is -0.391 e. The van der Waals surface area contributed by atoms with Crippen LogP contribution in [-0.2, 0) is 4.74 Å². The summed E-state index contributed by atoms with van der Waals surface area (Å²) in [6, 6.07) is 7.05. The molecule has 126 valence electrons. The minimum absolute atomic E-state index is 0.0723. The molecule has 0 aromatic heterocycles. The molecule has 1 aromatic rings. The van der Waals surface area contributed by atoms with E-state index < -0.39 is 6.10 Å². The van der Waals surface area contributed by atoms with Gasteiger partial charge in [0.1, 0.15) is 6.10 Å². The molecule has 4 atom stereocenters. The van der Waals surface area contributed by atoms with Crippen molar-refractivity contribution in [3.8, 4) is 0 Å². The number of rotatable bonds is 3. The molecule has 1 saturated heterocycles. The molecule has 2 aliphatic rings. The van der Waals surface area contributed by atoms with Gasteiger partial charge < -0.3 is 20.5 Å². The fraction of sp³-hybridized carbons (Fsp3) is 0.588. The Labute approximate surface area is 141 Å². The van der Waals surface area contributed by atoms with Gasteiger partial charge in [-0.15, -0.1) is 0 Å². The predicted molar refractivity (Wildman–Crippen MR) is 88.5 cm³/mol. The van der Waals surface area contributed by atoms with Gasteiger partial charge in [0.25, 0.3) is 0 Å². The largest absolute Gasteiger partial charge is 0.391 e. The van der Waals surface area contributed by atoms with Gasteiger partial charge in [0.15, 0.2) is 0 Å². The second-order valence-electron chi connectivity index (χ2n) is 6.31. The molecule has 1 aromatic carbocycles. The van der Waals surface area contributed by atoms with E-state index in [9.17, 15) is 9.90 Å². The average Bonchev–Trinajstić information content (AvgIpc) is 2.98. The number of benzene rings is 1. The number of halogens is 1. The lowest BCUT2D eigenvalue weighted by molar-refractivity contribution is 0.0899. The molecule has 6 heteroatoms. The summed E-state index contributed by atoms with van der Waals surface area (Å²) in [6.45, 7) is 0.615. The normalized spacial score (nSPS) is 30.9. The first-order valence-electron chi connectivity index (χ1n) is 8.25. The summed E-state index contributed by atoms with van der Waals surface area (Å²) in [7, 11) is 0. The van der Waals surface area contributed by atoms with E-state index in [0.717, 1.165) is 37.7 Å². The highest BCUT2D eigenvalue weighted by Gasteiger charge is 2.32. The highest BCUT2D eigenvalue weighted by Crippen LogP contribution is 2.30. The van der Waals surface area contributed by atoms with Crippen LogP contribution in [0.5, 0.6) is 0 Å². The molecule has 1 aliphatic carbocycles. The molecule has 3 N–H and O–H groups in total. The van der Waals surface area contributed by atoms with Crippen molar-refractivity contribution in [2.45, 2.75) is 56.4 Å². The molecule has 0 radical (unpaired) electrons. The van der Waals surface area contributed by atoms with Gasteiger partial charge in [0, 0.05) is 11.6 Å². The Balaban J connectivity index is 1.57. The Bertz CT molecular complexity index is 537. The lowest BCUT2D eigenvalue weighted by Crippen LogP contribution is -2.51. The fourth-order valence-corrected chi connectivity index (χ4v) is 3.50. The van der Waals surface area contributed by atoms with E-state index in [4.69, 9.17) is 16.3 Å². The average molecular weight is 339 g/mol. The Morgan fingerprint density at radius 3 is 2.52 bits per heavy atom. The van der Waals surface area contributed by atoms with E-state index in [1.807, 2.05) is 24.3 Å².